The maximum Gasteiger partial charge on any atom is 0.417 e. The Bertz CT molecular complexity index is 1200. The molecular formula is C21H16Cl2F3N5O. The van der Waals surface area contributed by atoms with Gasteiger partial charge in [0.2, 0.25) is 0 Å². The average Bonchev–Trinajstić information content (AvgIpc) is 3.16. The monoisotopic (exact) mass is 481 g/mol. The smallest absolute Gasteiger partial charge is 0.324 e. The number of hydrogen-bond donors (Lipinski definition) is 0. The van der Waals surface area contributed by atoms with E-state index in [0.29, 0.717) is 41.8 Å². The van der Waals surface area contributed by atoms with E-state index in [9.17, 15) is 18.0 Å². The van der Waals surface area contributed by atoms with Crippen LogP contribution in [-0.4, -0.2) is 36.6 Å². The highest BCUT2D eigenvalue weighted by molar-refractivity contribution is 6.34. The molecule has 0 spiro atoms. The summed E-state index contributed by atoms with van der Waals surface area (Å²) in [5.41, 5.74) is -0.579. The highest BCUT2D eigenvalue weighted by Gasteiger charge is 2.44. The number of alkyl halides is 3. The van der Waals surface area contributed by atoms with Crippen molar-refractivity contribution in [1.82, 2.24) is 24.6 Å². The molecule has 2 aromatic heterocycles. The number of benzene rings is 1. The second kappa shape index (κ2) is 7.74. The Morgan fingerprint density at radius 1 is 1.09 bits per heavy atom. The summed E-state index contributed by atoms with van der Waals surface area (Å²) in [6.07, 6.45) is -0.912. The van der Waals surface area contributed by atoms with Crippen LogP contribution in [0, 0.1) is 0 Å². The Hall–Kier alpha value is -2.65. The molecule has 1 fully saturated rings. The van der Waals surface area contributed by atoms with Crippen LogP contribution in [0.3, 0.4) is 0 Å². The molecule has 2 aliphatic heterocycles. The van der Waals surface area contributed by atoms with Crippen molar-refractivity contribution in [3.63, 3.8) is 0 Å². The fourth-order valence-corrected chi connectivity index (χ4v) is 4.95. The van der Waals surface area contributed by atoms with Crippen LogP contribution in [0.1, 0.15) is 47.1 Å². The lowest BCUT2D eigenvalue weighted by atomic mass is 9.90. The van der Waals surface area contributed by atoms with Gasteiger partial charge in [0.25, 0.3) is 5.91 Å². The summed E-state index contributed by atoms with van der Waals surface area (Å²) >= 11 is 12.0. The molecule has 5 rings (SSSR count). The molecule has 32 heavy (non-hydrogen) atoms. The van der Waals surface area contributed by atoms with Crippen molar-refractivity contribution in [3.05, 3.63) is 63.5 Å². The third-order valence-corrected chi connectivity index (χ3v) is 6.57. The van der Waals surface area contributed by atoms with E-state index in [0.717, 1.165) is 12.5 Å². The molecule has 0 radical (unpaired) electrons. The minimum absolute atomic E-state index is 0.161. The van der Waals surface area contributed by atoms with Gasteiger partial charge in [0, 0.05) is 12.7 Å². The highest BCUT2D eigenvalue weighted by atomic mass is 35.5. The first-order chi connectivity index (χ1) is 15.3. The van der Waals surface area contributed by atoms with E-state index < -0.39 is 28.7 Å². The van der Waals surface area contributed by atoms with Crippen LogP contribution >= 0.6 is 23.2 Å². The van der Waals surface area contributed by atoms with Gasteiger partial charge < -0.3 is 9.47 Å². The van der Waals surface area contributed by atoms with Gasteiger partial charge in [-0.25, -0.2) is 0 Å². The topological polar surface area (TPSA) is 63.9 Å². The van der Waals surface area contributed by atoms with E-state index in [2.05, 4.69) is 15.2 Å². The van der Waals surface area contributed by atoms with Gasteiger partial charge >= 0.3 is 6.18 Å². The Kier molecular flexibility index (Phi) is 5.13. The van der Waals surface area contributed by atoms with E-state index in [1.165, 1.54) is 18.3 Å². The summed E-state index contributed by atoms with van der Waals surface area (Å²) in [6, 6.07) is 6.23. The van der Waals surface area contributed by atoms with Crippen LogP contribution in [0.4, 0.5) is 13.2 Å². The molecule has 2 aliphatic rings. The van der Waals surface area contributed by atoms with Gasteiger partial charge in [-0.05, 0) is 43.5 Å². The van der Waals surface area contributed by atoms with Crippen molar-refractivity contribution in [2.24, 2.45) is 0 Å². The van der Waals surface area contributed by atoms with Gasteiger partial charge in [0.1, 0.15) is 5.69 Å². The maximum atomic E-state index is 13.4. The Balaban J connectivity index is 1.54. The Morgan fingerprint density at radius 3 is 2.62 bits per heavy atom. The van der Waals surface area contributed by atoms with Gasteiger partial charge in [0.15, 0.2) is 11.6 Å². The first-order valence-electron chi connectivity index (χ1n) is 9.99. The zero-order valence-electron chi connectivity index (χ0n) is 16.5. The summed E-state index contributed by atoms with van der Waals surface area (Å²) in [4.78, 5) is 19.4. The number of rotatable bonds is 2. The number of aromatic nitrogens is 4. The second-order valence-electron chi connectivity index (χ2n) is 7.83. The molecule has 4 heterocycles. The van der Waals surface area contributed by atoms with Crippen LogP contribution in [0.25, 0.3) is 11.5 Å². The van der Waals surface area contributed by atoms with Crippen molar-refractivity contribution >= 4 is 29.1 Å². The van der Waals surface area contributed by atoms with Gasteiger partial charge in [-0.15, -0.1) is 10.2 Å². The predicted molar refractivity (Wildman–Crippen MR) is 111 cm³/mol. The molecule has 1 saturated heterocycles. The normalized spacial score (nSPS) is 20.2. The number of hydrogen-bond acceptors (Lipinski definition) is 4. The molecule has 1 amide bonds. The zero-order valence-corrected chi connectivity index (χ0v) is 18.0. The fraction of sp³-hybridized carbons (Fsp3) is 0.333. The zero-order chi connectivity index (χ0) is 22.6. The summed E-state index contributed by atoms with van der Waals surface area (Å²) < 4.78 is 41.9. The van der Waals surface area contributed by atoms with Crippen LogP contribution in [0.15, 0.2) is 36.5 Å². The molecule has 1 aromatic carbocycles. The molecule has 0 N–H and O–H groups in total. The minimum Gasteiger partial charge on any atom is -0.324 e. The van der Waals surface area contributed by atoms with Crippen LogP contribution in [0.5, 0.6) is 0 Å². The van der Waals surface area contributed by atoms with E-state index in [-0.39, 0.29) is 11.6 Å². The lowest BCUT2D eigenvalue weighted by molar-refractivity contribution is -0.137. The highest BCUT2D eigenvalue weighted by Crippen LogP contribution is 2.42. The first-order valence-corrected chi connectivity index (χ1v) is 10.7. The Labute approximate surface area is 191 Å². The molecule has 0 saturated carbocycles. The molecule has 2 atom stereocenters. The van der Waals surface area contributed by atoms with E-state index in [1.54, 1.807) is 17.0 Å². The molecule has 3 aromatic rings. The maximum absolute atomic E-state index is 13.4. The molecular weight excluding hydrogens is 466 g/mol. The Morgan fingerprint density at radius 2 is 1.91 bits per heavy atom. The van der Waals surface area contributed by atoms with Crippen molar-refractivity contribution in [3.8, 4) is 11.5 Å². The fourth-order valence-electron chi connectivity index (χ4n) is 4.52. The lowest BCUT2D eigenvalue weighted by Crippen LogP contribution is -2.52. The number of fused-ring (bicyclic) bond motifs is 4. The van der Waals surface area contributed by atoms with Crippen molar-refractivity contribution in [2.45, 2.75) is 44.1 Å². The van der Waals surface area contributed by atoms with Gasteiger partial charge in [0.05, 0.1) is 33.3 Å². The molecule has 0 aliphatic carbocycles. The molecule has 166 valence electrons. The van der Waals surface area contributed by atoms with Gasteiger partial charge in [-0.2, -0.15) is 13.2 Å². The minimum atomic E-state index is -4.65. The second-order valence-corrected chi connectivity index (χ2v) is 8.65. The molecule has 2 bridgehead atoms. The van der Waals surface area contributed by atoms with E-state index in [4.69, 9.17) is 23.2 Å². The third kappa shape index (κ3) is 3.44. The van der Waals surface area contributed by atoms with Crippen molar-refractivity contribution < 1.29 is 18.0 Å². The van der Waals surface area contributed by atoms with Crippen molar-refractivity contribution in [1.29, 1.82) is 0 Å². The molecule has 1 unspecified atom stereocenters. The molecule has 11 heteroatoms. The average molecular weight is 482 g/mol. The number of carbonyl (C=O) groups excluding carboxylic acids is 1. The van der Waals surface area contributed by atoms with Crippen molar-refractivity contribution in [2.75, 3.05) is 0 Å². The largest absolute Gasteiger partial charge is 0.417 e. The van der Waals surface area contributed by atoms with Crippen LogP contribution in [0.2, 0.25) is 10.0 Å². The predicted octanol–water partition coefficient (Wildman–Crippen LogP) is 5.42. The summed E-state index contributed by atoms with van der Waals surface area (Å²) in [6.45, 7) is 0.417. The SMILES string of the molecule is O=C(c1cccc(C(F)(F)F)c1Cl)N1C2CCC[C@H]1c1nnc(-c3ccc(Cl)cn3)n1C2. The number of pyridine rings is 1. The number of piperidine rings is 1. The number of carbonyl (C=O) groups is 1. The van der Waals surface area contributed by atoms with Gasteiger partial charge in [-0.1, -0.05) is 29.3 Å². The van der Waals surface area contributed by atoms with E-state index in [1.807, 2.05) is 4.57 Å². The van der Waals surface area contributed by atoms with Gasteiger partial charge in [-0.3, -0.25) is 9.78 Å². The summed E-state index contributed by atoms with van der Waals surface area (Å²) in [5, 5.41) is 8.51. The standard InChI is InChI=1S/C21H16Cl2F3N5O/c22-11-7-8-15(27-9-11)18-28-29-19-16-6-1-3-12(10-30(18)19)31(16)20(32)13-4-2-5-14(17(13)23)21(24,25)26/h2,4-5,7-9,12,16H,1,3,6,10H2/t12?,16-/m0/s1. The van der Waals surface area contributed by atoms with Crippen LogP contribution in [-0.2, 0) is 12.7 Å². The van der Waals surface area contributed by atoms with Crippen LogP contribution < -0.4 is 0 Å². The number of amides is 1. The van der Waals surface area contributed by atoms with E-state index >= 15 is 0 Å². The number of nitrogens with zero attached hydrogens (tertiary/aromatic N) is 5. The quantitative estimate of drug-likeness (QED) is 0.490. The third-order valence-electron chi connectivity index (χ3n) is 5.94. The summed E-state index contributed by atoms with van der Waals surface area (Å²) in [7, 11) is 0. The molecule has 6 nitrogen and oxygen atoms in total. The number of halogens is 5. The lowest BCUT2D eigenvalue weighted by Gasteiger charge is -2.45. The first kappa shape index (κ1) is 21.2. The summed E-state index contributed by atoms with van der Waals surface area (Å²) in [5.74, 6) is 0.623.